The van der Waals surface area contributed by atoms with E-state index in [9.17, 15) is 19.5 Å². The molecule has 6 heteroatoms. The molecule has 2 N–H and O–H groups in total. The van der Waals surface area contributed by atoms with E-state index in [0.29, 0.717) is 0 Å². The normalized spacial score (nSPS) is 13.4. The van der Waals surface area contributed by atoms with Gasteiger partial charge in [-0.05, 0) is 29.8 Å². The van der Waals surface area contributed by atoms with E-state index in [1.54, 1.807) is 6.07 Å². The van der Waals surface area contributed by atoms with Gasteiger partial charge < -0.3 is 15.6 Å². The van der Waals surface area contributed by atoms with Gasteiger partial charge in [-0.3, -0.25) is 9.59 Å². The molecule has 0 aromatic heterocycles. The molecule has 1 aliphatic heterocycles. The average molecular weight is 281 g/mol. The summed E-state index contributed by atoms with van der Waals surface area (Å²) in [6.45, 7) is 0. The average Bonchev–Trinajstić information content (AvgIpc) is 2.72. The van der Waals surface area contributed by atoms with Crippen LogP contribution < -0.4 is 15.7 Å². The molecular formula is C15H9N2O4-. The van der Waals surface area contributed by atoms with Crippen molar-refractivity contribution in [1.29, 1.82) is 0 Å². The Hall–Kier alpha value is -3.15. The minimum atomic E-state index is -1.38. The first-order valence-corrected chi connectivity index (χ1v) is 6.09. The van der Waals surface area contributed by atoms with Gasteiger partial charge in [0, 0.05) is 5.69 Å². The summed E-state index contributed by atoms with van der Waals surface area (Å²) >= 11 is 0. The van der Waals surface area contributed by atoms with Crippen molar-refractivity contribution in [1.82, 2.24) is 0 Å². The zero-order valence-electron chi connectivity index (χ0n) is 10.7. The van der Waals surface area contributed by atoms with Crippen LogP contribution in [0.5, 0.6) is 0 Å². The van der Waals surface area contributed by atoms with Gasteiger partial charge >= 0.3 is 0 Å². The maximum absolute atomic E-state index is 12.4. The lowest BCUT2D eigenvalue weighted by Gasteiger charge is -2.15. The van der Waals surface area contributed by atoms with E-state index >= 15 is 0 Å². The molecule has 6 nitrogen and oxygen atoms in total. The maximum atomic E-state index is 12.4. The van der Waals surface area contributed by atoms with Crippen LogP contribution in [0.15, 0.2) is 42.5 Å². The highest BCUT2D eigenvalue weighted by molar-refractivity contribution is 6.36. The van der Waals surface area contributed by atoms with Gasteiger partial charge in [-0.25, -0.2) is 4.90 Å². The molecule has 0 aliphatic carbocycles. The molecule has 2 aromatic rings. The highest BCUT2D eigenvalue weighted by Gasteiger charge is 2.38. The van der Waals surface area contributed by atoms with Crippen LogP contribution in [0, 0.1) is 0 Å². The molecule has 2 amide bonds. The predicted octanol–water partition coefficient (Wildman–Crippen LogP) is 0.433. The monoisotopic (exact) mass is 281 g/mol. The quantitative estimate of drug-likeness (QED) is 0.635. The van der Waals surface area contributed by atoms with Gasteiger partial charge in [0.1, 0.15) is 0 Å². The fourth-order valence-corrected chi connectivity index (χ4v) is 2.32. The molecule has 21 heavy (non-hydrogen) atoms. The van der Waals surface area contributed by atoms with Gasteiger partial charge in [0.15, 0.2) is 0 Å². The number of carboxylic acid groups (broad SMARTS) is 1. The van der Waals surface area contributed by atoms with Crippen LogP contribution in [0.1, 0.15) is 31.1 Å². The lowest BCUT2D eigenvalue weighted by atomic mass is 10.1. The van der Waals surface area contributed by atoms with E-state index < -0.39 is 17.8 Å². The summed E-state index contributed by atoms with van der Waals surface area (Å²) in [5.74, 6) is -2.48. The van der Waals surface area contributed by atoms with Crippen molar-refractivity contribution in [2.45, 2.75) is 0 Å². The molecular weight excluding hydrogens is 272 g/mol. The van der Waals surface area contributed by atoms with Crippen molar-refractivity contribution in [3.8, 4) is 0 Å². The lowest BCUT2D eigenvalue weighted by molar-refractivity contribution is -0.255. The molecule has 104 valence electrons. The summed E-state index contributed by atoms with van der Waals surface area (Å²) in [6.07, 6.45) is 0. The van der Waals surface area contributed by atoms with Gasteiger partial charge in [-0.2, -0.15) is 0 Å². The van der Waals surface area contributed by atoms with Gasteiger partial charge in [-0.1, -0.05) is 18.2 Å². The highest BCUT2D eigenvalue weighted by Crippen LogP contribution is 2.31. The third-order valence-electron chi connectivity index (χ3n) is 3.29. The molecule has 1 heterocycles. The van der Waals surface area contributed by atoms with Crippen LogP contribution in [0.2, 0.25) is 0 Å². The molecule has 2 aromatic carbocycles. The van der Waals surface area contributed by atoms with Crippen molar-refractivity contribution in [2.75, 3.05) is 10.6 Å². The van der Waals surface area contributed by atoms with Crippen LogP contribution >= 0.6 is 0 Å². The fraction of sp³-hybridized carbons (Fsp3) is 0. The Morgan fingerprint density at radius 2 is 1.76 bits per heavy atom. The summed E-state index contributed by atoms with van der Waals surface area (Å²) in [7, 11) is 0. The second-order valence-electron chi connectivity index (χ2n) is 4.55. The SMILES string of the molecule is Nc1cccc2c1C(=O)N(c1cccc(C(=O)[O-])c1)C2=O. The summed E-state index contributed by atoms with van der Waals surface area (Å²) in [5, 5.41) is 10.9. The van der Waals surface area contributed by atoms with Crippen LogP contribution in [-0.2, 0) is 0 Å². The van der Waals surface area contributed by atoms with Crippen molar-refractivity contribution in [3.63, 3.8) is 0 Å². The predicted molar refractivity (Wildman–Crippen MR) is 72.8 cm³/mol. The van der Waals surface area contributed by atoms with Gasteiger partial charge in [0.25, 0.3) is 11.8 Å². The number of nitrogen functional groups attached to an aromatic ring is 1. The standard InChI is InChI=1S/C15H10N2O4/c16-11-6-2-5-10-12(11)14(19)17(13(10)18)9-4-1-3-8(7-9)15(20)21/h1-7H,16H2,(H,20,21)/p-1. The van der Waals surface area contributed by atoms with Gasteiger partial charge in [-0.15, -0.1) is 0 Å². The zero-order chi connectivity index (χ0) is 15.1. The first kappa shape index (κ1) is 12.9. The maximum Gasteiger partial charge on any atom is 0.268 e. The van der Waals surface area contributed by atoms with Crippen LogP contribution in [0.4, 0.5) is 11.4 Å². The zero-order valence-corrected chi connectivity index (χ0v) is 10.7. The molecule has 0 atom stereocenters. The van der Waals surface area contributed by atoms with Crippen molar-refractivity contribution in [3.05, 3.63) is 59.2 Å². The Morgan fingerprint density at radius 3 is 2.43 bits per heavy atom. The molecule has 0 spiro atoms. The van der Waals surface area contributed by atoms with Crippen LogP contribution in [-0.4, -0.2) is 17.8 Å². The molecule has 0 saturated heterocycles. The van der Waals surface area contributed by atoms with E-state index in [1.807, 2.05) is 0 Å². The Kier molecular flexibility index (Phi) is 2.72. The number of aromatic carboxylic acids is 1. The van der Waals surface area contributed by atoms with Gasteiger partial charge in [0.2, 0.25) is 0 Å². The fourth-order valence-electron chi connectivity index (χ4n) is 2.32. The number of carbonyl (C=O) groups excluding carboxylic acids is 3. The van der Waals surface area contributed by atoms with E-state index in [-0.39, 0.29) is 28.1 Å². The first-order chi connectivity index (χ1) is 10.0. The minimum absolute atomic E-state index is 0.114. The Morgan fingerprint density at radius 1 is 1.05 bits per heavy atom. The third kappa shape index (κ3) is 1.85. The summed E-state index contributed by atoms with van der Waals surface area (Å²) in [6, 6.07) is 10.1. The van der Waals surface area contributed by atoms with E-state index in [2.05, 4.69) is 0 Å². The number of carboxylic acids is 1. The number of imide groups is 1. The first-order valence-electron chi connectivity index (χ1n) is 6.09. The molecule has 0 unspecified atom stereocenters. The number of carbonyl (C=O) groups is 3. The number of nitrogens with two attached hydrogens (primary N) is 1. The molecule has 1 aliphatic rings. The Labute approximate surface area is 119 Å². The molecule has 0 bridgehead atoms. The number of rotatable bonds is 2. The number of anilines is 2. The summed E-state index contributed by atoms with van der Waals surface area (Å²) in [5.41, 5.74) is 6.35. The number of benzene rings is 2. The summed E-state index contributed by atoms with van der Waals surface area (Å²) < 4.78 is 0. The Bertz CT molecular complexity index is 798. The smallest absolute Gasteiger partial charge is 0.268 e. The van der Waals surface area contributed by atoms with Crippen molar-refractivity contribution in [2.24, 2.45) is 0 Å². The van der Waals surface area contributed by atoms with E-state index in [4.69, 9.17) is 5.73 Å². The van der Waals surface area contributed by atoms with Gasteiger partial charge in [0.05, 0.1) is 22.8 Å². The molecule has 0 radical (unpaired) electrons. The minimum Gasteiger partial charge on any atom is -0.545 e. The van der Waals surface area contributed by atoms with Crippen molar-refractivity contribution >= 4 is 29.2 Å². The molecule has 0 fully saturated rings. The third-order valence-corrected chi connectivity index (χ3v) is 3.29. The van der Waals surface area contributed by atoms with Crippen LogP contribution in [0.25, 0.3) is 0 Å². The summed E-state index contributed by atoms with van der Waals surface area (Å²) in [4.78, 5) is 36.5. The van der Waals surface area contributed by atoms with Crippen molar-refractivity contribution < 1.29 is 19.5 Å². The molecule has 0 saturated carbocycles. The second kappa shape index (κ2) is 4.45. The Balaban J connectivity index is 2.12. The number of amides is 2. The number of nitrogens with zero attached hydrogens (tertiary/aromatic N) is 1. The second-order valence-corrected chi connectivity index (χ2v) is 4.55. The molecule has 3 rings (SSSR count). The van der Waals surface area contributed by atoms with E-state index in [0.717, 1.165) is 4.90 Å². The number of hydrogen-bond acceptors (Lipinski definition) is 5. The highest BCUT2D eigenvalue weighted by atomic mass is 16.4. The van der Waals surface area contributed by atoms with Crippen LogP contribution in [0.3, 0.4) is 0 Å². The number of hydrogen-bond donors (Lipinski definition) is 1. The lowest BCUT2D eigenvalue weighted by Crippen LogP contribution is -2.30. The topological polar surface area (TPSA) is 104 Å². The van der Waals surface area contributed by atoms with E-state index in [1.165, 1.54) is 36.4 Å². The largest absolute Gasteiger partial charge is 0.545 e. The number of fused-ring (bicyclic) bond motifs is 1.